The molecule has 0 bridgehead atoms. The highest BCUT2D eigenvalue weighted by Gasteiger charge is 2.16. The highest BCUT2D eigenvalue weighted by atomic mass is 32.2. The van der Waals surface area contributed by atoms with Crippen molar-refractivity contribution in [3.8, 4) is 11.6 Å². The monoisotopic (exact) mass is 435 g/mol. The molecular formula is C26H17N3O2S. The number of pyridine rings is 2. The van der Waals surface area contributed by atoms with Crippen molar-refractivity contribution in [3.05, 3.63) is 97.2 Å². The number of nitrogens with zero attached hydrogens (tertiary/aromatic N) is 3. The molecule has 1 N–H and O–H groups in total. The van der Waals surface area contributed by atoms with Gasteiger partial charge in [0.15, 0.2) is 0 Å². The SMILES string of the molecule is O=S(c1ccc2c3ccccc3n(-c3ccccn3)c2c1)c1ccc2cccc(O)c2n1. The van der Waals surface area contributed by atoms with Gasteiger partial charge in [0.05, 0.1) is 11.0 Å². The van der Waals surface area contributed by atoms with Crippen LogP contribution >= 0.6 is 0 Å². The smallest absolute Gasteiger partial charge is 0.141 e. The lowest BCUT2D eigenvalue weighted by atomic mass is 10.2. The summed E-state index contributed by atoms with van der Waals surface area (Å²) in [5.41, 5.74) is 2.42. The second-order valence-electron chi connectivity index (χ2n) is 7.49. The van der Waals surface area contributed by atoms with Gasteiger partial charge < -0.3 is 5.11 Å². The van der Waals surface area contributed by atoms with Gasteiger partial charge in [-0.1, -0.05) is 42.5 Å². The lowest BCUT2D eigenvalue weighted by Crippen LogP contribution is -1.99. The van der Waals surface area contributed by atoms with E-state index in [-0.39, 0.29) is 5.75 Å². The van der Waals surface area contributed by atoms with Crippen LogP contribution in [0.5, 0.6) is 5.75 Å². The quantitative estimate of drug-likeness (QED) is 0.393. The Morgan fingerprint density at radius 3 is 2.50 bits per heavy atom. The van der Waals surface area contributed by atoms with E-state index in [4.69, 9.17) is 0 Å². The molecule has 6 rings (SSSR count). The summed E-state index contributed by atoms with van der Waals surface area (Å²) in [5, 5.41) is 13.5. The van der Waals surface area contributed by atoms with Crippen molar-refractivity contribution in [1.29, 1.82) is 0 Å². The van der Waals surface area contributed by atoms with Crippen LogP contribution in [-0.4, -0.2) is 23.9 Å². The normalized spacial score (nSPS) is 12.5. The molecule has 0 spiro atoms. The molecule has 154 valence electrons. The van der Waals surface area contributed by atoms with Crippen LogP contribution in [0, 0.1) is 0 Å². The Balaban J connectivity index is 1.56. The number of phenolic OH excluding ortho intramolecular Hbond substituents is 1. The summed E-state index contributed by atoms with van der Waals surface area (Å²) < 4.78 is 15.5. The predicted octanol–water partition coefficient (Wildman–Crippen LogP) is 5.60. The van der Waals surface area contributed by atoms with Gasteiger partial charge in [-0.15, -0.1) is 0 Å². The average Bonchev–Trinajstić information content (AvgIpc) is 3.18. The van der Waals surface area contributed by atoms with E-state index < -0.39 is 10.8 Å². The van der Waals surface area contributed by atoms with Gasteiger partial charge in [-0.05, 0) is 48.5 Å². The van der Waals surface area contributed by atoms with Crippen LogP contribution in [-0.2, 0) is 10.8 Å². The summed E-state index contributed by atoms with van der Waals surface area (Å²) >= 11 is 0. The molecular weight excluding hydrogens is 418 g/mol. The maximum atomic E-state index is 13.5. The molecule has 0 saturated heterocycles. The van der Waals surface area contributed by atoms with Gasteiger partial charge >= 0.3 is 0 Å². The summed E-state index contributed by atoms with van der Waals surface area (Å²) in [6.45, 7) is 0. The Morgan fingerprint density at radius 1 is 0.781 bits per heavy atom. The summed E-state index contributed by atoms with van der Waals surface area (Å²) in [4.78, 5) is 9.67. The zero-order valence-corrected chi connectivity index (χ0v) is 17.7. The maximum Gasteiger partial charge on any atom is 0.141 e. The van der Waals surface area contributed by atoms with Crippen LogP contribution in [0.15, 0.2) is 107 Å². The van der Waals surface area contributed by atoms with E-state index in [9.17, 15) is 9.32 Å². The van der Waals surface area contributed by atoms with Crippen LogP contribution in [0.1, 0.15) is 0 Å². The number of aromatic hydroxyl groups is 1. The van der Waals surface area contributed by atoms with E-state index in [0.29, 0.717) is 15.4 Å². The van der Waals surface area contributed by atoms with Crippen molar-refractivity contribution in [3.63, 3.8) is 0 Å². The fourth-order valence-electron chi connectivity index (χ4n) is 4.14. The number of para-hydroxylation sites is 2. The standard InChI is InChI=1S/C26H17N3O2S/c30-23-9-5-6-17-11-14-25(28-26(17)23)32(31)18-12-13-20-19-7-1-2-8-21(19)29(22(20)16-18)24-10-3-4-15-27-24/h1-16,30H. The molecule has 0 fully saturated rings. The minimum Gasteiger partial charge on any atom is -0.506 e. The Morgan fingerprint density at radius 2 is 1.62 bits per heavy atom. The van der Waals surface area contributed by atoms with E-state index >= 15 is 0 Å². The molecule has 0 aliphatic carbocycles. The van der Waals surface area contributed by atoms with Gasteiger partial charge in [0.25, 0.3) is 0 Å². The van der Waals surface area contributed by atoms with Crippen molar-refractivity contribution >= 4 is 43.5 Å². The fourth-order valence-corrected chi connectivity index (χ4v) is 5.15. The Kier molecular flexibility index (Phi) is 4.26. The first-order valence-corrected chi connectivity index (χ1v) is 11.3. The van der Waals surface area contributed by atoms with Crippen molar-refractivity contribution in [2.45, 2.75) is 9.92 Å². The van der Waals surface area contributed by atoms with Crippen LogP contribution in [0.4, 0.5) is 0 Å². The molecule has 3 heterocycles. The summed E-state index contributed by atoms with van der Waals surface area (Å²) in [6.07, 6.45) is 1.77. The zero-order chi connectivity index (χ0) is 21.7. The number of hydrogen-bond acceptors (Lipinski definition) is 4. The summed E-state index contributed by atoms with van der Waals surface area (Å²) in [5.74, 6) is 0.877. The van der Waals surface area contributed by atoms with E-state index in [0.717, 1.165) is 33.0 Å². The first-order valence-electron chi connectivity index (χ1n) is 10.2. The minimum atomic E-state index is -1.51. The second kappa shape index (κ2) is 7.28. The topological polar surface area (TPSA) is 68.0 Å². The van der Waals surface area contributed by atoms with Crippen molar-refractivity contribution in [2.24, 2.45) is 0 Å². The first-order chi connectivity index (χ1) is 15.7. The van der Waals surface area contributed by atoms with Crippen molar-refractivity contribution in [1.82, 2.24) is 14.5 Å². The van der Waals surface area contributed by atoms with Gasteiger partial charge in [0.1, 0.15) is 32.9 Å². The molecule has 0 saturated carbocycles. The molecule has 0 aliphatic heterocycles. The maximum absolute atomic E-state index is 13.5. The number of hydrogen-bond donors (Lipinski definition) is 1. The highest BCUT2D eigenvalue weighted by Crippen LogP contribution is 2.33. The molecule has 32 heavy (non-hydrogen) atoms. The van der Waals surface area contributed by atoms with E-state index in [1.165, 1.54) is 0 Å². The molecule has 1 atom stereocenters. The molecule has 6 aromatic rings. The Labute approximate surface area is 186 Å². The van der Waals surface area contributed by atoms with Gasteiger partial charge in [-0.2, -0.15) is 0 Å². The lowest BCUT2D eigenvalue weighted by molar-refractivity contribution is 0.480. The highest BCUT2D eigenvalue weighted by molar-refractivity contribution is 7.85. The molecule has 0 radical (unpaired) electrons. The van der Waals surface area contributed by atoms with Crippen molar-refractivity contribution in [2.75, 3.05) is 0 Å². The molecule has 1 unspecified atom stereocenters. The van der Waals surface area contributed by atoms with Crippen molar-refractivity contribution < 1.29 is 9.32 Å². The molecule has 0 amide bonds. The number of benzene rings is 3. The molecule has 3 aromatic heterocycles. The fraction of sp³-hybridized carbons (Fsp3) is 0. The Hall–Kier alpha value is -4.03. The van der Waals surface area contributed by atoms with Crippen LogP contribution in [0.3, 0.4) is 0 Å². The molecule has 5 nitrogen and oxygen atoms in total. The van der Waals surface area contributed by atoms with Gasteiger partial charge in [-0.25, -0.2) is 14.2 Å². The van der Waals surface area contributed by atoms with Gasteiger partial charge in [0.2, 0.25) is 0 Å². The van der Waals surface area contributed by atoms with E-state index in [1.54, 1.807) is 24.4 Å². The van der Waals surface area contributed by atoms with E-state index in [1.807, 2.05) is 60.7 Å². The number of fused-ring (bicyclic) bond motifs is 4. The van der Waals surface area contributed by atoms with Crippen LogP contribution in [0.2, 0.25) is 0 Å². The number of rotatable bonds is 3. The third-order valence-electron chi connectivity index (χ3n) is 5.60. The van der Waals surface area contributed by atoms with Gasteiger partial charge in [0, 0.05) is 27.3 Å². The summed E-state index contributed by atoms with van der Waals surface area (Å²) in [6, 6.07) is 28.6. The second-order valence-corrected chi connectivity index (χ2v) is 8.91. The third-order valence-corrected chi connectivity index (χ3v) is 6.89. The summed E-state index contributed by atoms with van der Waals surface area (Å²) in [7, 11) is -1.51. The Bertz CT molecular complexity index is 1660. The average molecular weight is 436 g/mol. The molecule has 6 heteroatoms. The predicted molar refractivity (Wildman–Crippen MR) is 127 cm³/mol. The number of aromatic nitrogens is 3. The first kappa shape index (κ1) is 18.7. The number of phenols is 1. The molecule has 0 aliphatic rings. The third kappa shape index (κ3) is 2.88. The lowest BCUT2D eigenvalue weighted by Gasteiger charge is -2.08. The van der Waals surface area contributed by atoms with Crippen LogP contribution < -0.4 is 0 Å². The minimum absolute atomic E-state index is 0.0760. The largest absolute Gasteiger partial charge is 0.506 e. The van der Waals surface area contributed by atoms with E-state index in [2.05, 4.69) is 26.7 Å². The zero-order valence-electron chi connectivity index (χ0n) is 16.8. The van der Waals surface area contributed by atoms with Gasteiger partial charge in [-0.3, -0.25) is 4.57 Å². The van der Waals surface area contributed by atoms with Crippen LogP contribution in [0.25, 0.3) is 38.5 Å². The molecule has 3 aromatic carbocycles.